The molecule has 0 N–H and O–H groups in total. The third-order valence-electron chi connectivity index (χ3n) is 3.47. The third-order valence-corrected chi connectivity index (χ3v) is 3.47. The first kappa shape index (κ1) is 18.9. The van der Waals surface area contributed by atoms with Gasteiger partial charge < -0.3 is 14.2 Å². The van der Waals surface area contributed by atoms with Crippen LogP contribution >= 0.6 is 0 Å². The molecule has 1 aromatic carbocycles. The van der Waals surface area contributed by atoms with Crippen LogP contribution in [0.15, 0.2) is 36.7 Å². The van der Waals surface area contributed by atoms with Crippen molar-refractivity contribution in [3.63, 3.8) is 0 Å². The summed E-state index contributed by atoms with van der Waals surface area (Å²) >= 11 is 0. The van der Waals surface area contributed by atoms with E-state index in [0.29, 0.717) is 30.5 Å². The Hall–Kier alpha value is -2.47. The number of nitrogens with zero attached hydrogens (tertiary/aromatic N) is 2. The number of hydrogen-bond acceptors (Lipinski definition) is 6. The topological polar surface area (TPSA) is 70.5 Å². The van der Waals surface area contributed by atoms with Crippen LogP contribution in [0.25, 0.3) is 11.4 Å². The first-order valence-corrected chi connectivity index (χ1v) is 8.52. The van der Waals surface area contributed by atoms with Gasteiger partial charge in [-0.2, -0.15) is 0 Å². The van der Waals surface area contributed by atoms with Crippen molar-refractivity contribution in [2.75, 3.05) is 13.2 Å². The zero-order chi connectivity index (χ0) is 18.1. The van der Waals surface area contributed by atoms with Gasteiger partial charge in [0.2, 0.25) is 0 Å². The van der Waals surface area contributed by atoms with Crippen LogP contribution < -0.4 is 9.47 Å². The van der Waals surface area contributed by atoms with Gasteiger partial charge in [-0.05, 0) is 44.5 Å². The number of esters is 1. The summed E-state index contributed by atoms with van der Waals surface area (Å²) < 4.78 is 16.0. The maximum absolute atomic E-state index is 11.8. The number of aromatic nitrogens is 2. The standard InChI is InChI=1S/C19H24N2O4/c1-4-6-11-24-17-12-20-18(21-13-17)15-7-9-16(10-8-15)25-19(22)14(3)23-5-2/h7-10,12-14H,4-6,11H2,1-3H3. The Morgan fingerprint density at radius 1 is 1.08 bits per heavy atom. The fraction of sp³-hybridized carbons (Fsp3) is 0.421. The first-order valence-electron chi connectivity index (χ1n) is 8.52. The highest BCUT2D eigenvalue weighted by Gasteiger charge is 2.15. The van der Waals surface area contributed by atoms with E-state index in [4.69, 9.17) is 14.2 Å². The van der Waals surface area contributed by atoms with Gasteiger partial charge in [-0.1, -0.05) is 13.3 Å². The molecular weight excluding hydrogens is 320 g/mol. The van der Waals surface area contributed by atoms with Crippen molar-refractivity contribution < 1.29 is 19.0 Å². The van der Waals surface area contributed by atoms with Crippen molar-refractivity contribution in [1.29, 1.82) is 0 Å². The summed E-state index contributed by atoms with van der Waals surface area (Å²) in [7, 11) is 0. The monoisotopic (exact) mass is 344 g/mol. The molecule has 0 fully saturated rings. The molecule has 0 aliphatic heterocycles. The maximum atomic E-state index is 11.8. The van der Waals surface area contributed by atoms with Gasteiger partial charge in [0, 0.05) is 12.2 Å². The van der Waals surface area contributed by atoms with Gasteiger partial charge in [0.05, 0.1) is 19.0 Å². The molecule has 0 saturated carbocycles. The molecule has 0 amide bonds. The molecular formula is C19H24N2O4. The van der Waals surface area contributed by atoms with Crippen LogP contribution in [0.5, 0.6) is 11.5 Å². The molecule has 0 aliphatic carbocycles. The predicted octanol–water partition coefficient (Wildman–Crippen LogP) is 3.65. The Kier molecular flexibility index (Phi) is 7.35. The van der Waals surface area contributed by atoms with Crippen molar-refractivity contribution in [2.45, 2.75) is 39.7 Å². The van der Waals surface area contributed by atoms with Crippen molar-refractivity contribution in [2.24, 2.45) is 0 Å². The summed E-state index contributed by atoms with van der Waals surface area (Å²) in [5.74, 6) is 1.29. The lowest BCUT2D eigenvalue weighted by Gasteiger charge is -2.11. The molecule has 6 heteroatoms. The average Bonchev–Trinajstić information content (AvgIpc) is 2.63. The molecule has 2 aromatic rings. The number of unbranched alkanes of at least 4 members (excludes halogenated alkanes) is 1. The lowest BCUT2D eigenvalue weighted by Crippen LogP contribution is -2.25. The highest BCUT2D eigenvalue weighted by molar-refractivity contribution is 5.77. The highest BCUT2D eigenvalue weighted by Crippen LogP contribution is 2.21. The number of rotatable bonds is 9. The molecule has 1 aromatic heterocycles. The Labute approximate surface area is 148 Å². The molecule has 1 unspecified atom stereocenters. The Balaban J connectivity index is 1.96. The molecule has 6 nitrogen and oxygen atoms in total. The summed E-state index contributed by atoms with van der Waals surface area (Å²) in [6.07, 6.45) is 4.82. The van der Waals surface area contributed by atoms with E-state index >= 15 is 0 Å². The number of hydrogen-bond donors (Lipinski definition) is 0. The van der Waals surface area contributed by atoms with Crippen LogP contribution in [0, 0.1) is 0 Å². The van der Waals surface area contributed by atoms with Gasteiger partial charge in [-0.3, -0.25) is 0 Å². The SMILES string of the molecule is CCCCOc1cnc(-c2ccc(OC(=O)C(C)OCC)cc2)nc1. The van der Waals surface area contributed by atoms with E-state index in [1.807, 2.05) is 6.92 Å². The molecule has 0 bridgehead atoms. The van der Waals surface area contributed by atoms with Crippen LogP contribution in [-0.4, -0.2) is 35.3 Å². The minimum Gasteiger partial charge on any atom is -0.490 e. The van der Waals surface area contributed by atoms with Crippen LogP contribution in [0.2, 0.25) is 0 Å². The maximum Gasteiger partial charge on any atom is 0.340 e. The van der Waals surface area contributed by atoms with Gasteiger partial charge in [0.15, 0.2) is 17.7 Å². The van der Waals surface area contributed by atoms with E-state index < -0.39 is 12.1 Å². The van der Waals surface area contributed by atoms with Crippen molar-refractivity contribution in [1.82, 2.24) is 9.97 Å². The third kappa shape index (κ3) is 5.83. The fourth-order valence-electron chi connectivity index (χ4n) is 2.06. The van der Waals surface area contributed by atoms with Gasteiger partial charge in [-0.15, -0.1) is 0 Å². The second kappa shape index (κ2) is 9.74. The molecule has 0 aliphatic rings. The molecule has 2 rings (SSSR count). The molecule has 1 atom stereocenters. The lowest BCUT2D eigenvalue weighted by molar-refractivity contribution is -0.145. The quantitative estimate of drug-likeness (QED) is 0.393. The van der Waals surface area contributed by atoms with Crippen LogP contribution in [-0.2, 0) is 9.53 Å². The normalized spacial score (nSPS) is 11.8. The number of carbonyl (C=O) groups excluding carboxylic acids is 1. The molecule has 0 radical (unpaired) electrons. The van der Waals surface area contributed by atoms with Crippen LogP contribution in [0.4, 0.5) is 0 Å². The van der Waals surface area contributed by atoms with Crippen LogP contribution in [0.1, 0.15) is 33.6 Å². The Bertz CT molecular complexity index is 656. The van der Waals surface area contributed by atoms with Gasteiger partial charge in [0.1, 0.15) is 5.75 Å². The van der Waals surface area contributed by atoms with Crippen molar-refractivity contribution in [3.8, 4) is 22.9 Å². The average molecular weight is 344 g/mol. The molecule has 0 saturated heterocycles. The van der Waals surface area contributed by atoms with Gasteiger partial charge in [-0.25, -0.2) is 14.8 Å². The van der Waals surface area contributed by atoms with Gasteiger partial charge in [0.25, 0.3) is 0 Å². The summed E-state index contributed by atoms with van der Waals surface area (Å²) in [6.45, 7) is 6.74. The van der Waals surface area contributed by atoms with Crippen LogP contribution in [0.3, 0.4) is 0 Å². The zero-order valence-corrected chi connectivity index (χ0v) is 14.9. The summed E-state index contributed by atoms with van der Waals surface area (Å²) in [5.41, 5.74) is 0.831. The molecule has 0 spiro atoms. The molecule has 134 valence electrons. The Morgan fingerprint density at radius 2 is 1.76 bits per heavy atom. The van der Waals surface area contributed by atoms with E-state index in [2.05, 4.69) is 16.9 Å². The largest absolute Gasteiger partial charge is 0.490 e. The number of ether oxygens (including phenoxy) is 3. The second-order valence-corrected chi connectivity index (χ2v) is 5.49. The minimum absolute atomic E-state index is 0.417. The second-order valence-electron chi connectivity index (χ2n) is 5.49. The molecule has 1 heterocycles. The smallest absolute Gasteiger partial charge is 0.340 e. The fourth-order valence-corrected chi connectivity index (χ4v) is 2.06. The van der Waals surface area contributed by atoms with E-state index in [-0.39, 0.29) is 0 Å². The first-order chi connectivity index (χ1) is 12.1. The zero-order valence-electron chi connectivity index (χ0n) is 14.9. The van der Waals surface area contributed by atoms with E-state index in [9.17, 15) is 4.79 Å². The van der Waals surface area contributed by atoms with Crippen molar-refractivity contribution in [3.05, 3.63) is 36.7 Å². The Morgan fingerprint density at radius 3 is 2.36 bits per heavy atom. The van der Waals surface area contributed by atoms with E-state index in [1.54, 1.807) is 43.6 Å². The molecule has 25 heavy (non-hydrogen) atoms. The number of carbonyl (C=O) groups is 1. The highest BCUT2D eigenvalue weighted by atomic mass is 16.6. The van der Waals surface area contributed by atoms with E-state index in [1.165, 1.54) is 0 Å². The summed E-state index contributed by atoms with van der Waals surface area (Å²) in [5, 5.41) is 0. The predicted molar refractivity (Wildman–Crippen MR) is 94.6 cm³/mol. The summed E-state index contributed by atoms with van der Waals surface area (Å²) in [4.78, 5) is 20.4. The lowest BCUT2D eigenvalue weighted by atomic mass is 10.2. The summed E-state index contributed by atoms with van der Waals surface area (Å²) in [6, 6.07) is 7.03. The minimum atomic E-state index is -0.590. The van der Waals surface area contributed by atoms with Crippen molar-refractivity contribution >= 4 is 5.97 Å². The number of benzene rings is 1. The van der Waals surface area contributed by atoms with E-state index in [0.717, 1.165) is 18.4 Å². The van der Waals surface area contributed by atoms with Gasteiger partial charge >= 0.3 is 5.97 Å².